The van der Waals surface area contributed by atoms with Crippen LogP contribution in [0.3, 0.4) is 0 Å². The molecule has 0 bridgehead atoms. The molecule has 12 heteroatoms. The Kier molecular flexibility index (Phi) is 7.77. The first-order valence-electron chi connectivity index (χ1n) is 11.4. The molecule has 2 heterocycles. The molecule has 2 aromatic rings. The van der Waals surface area contributed by atoms with E-state index in [2.05, 4.69) is 5.32 Å². The maximum Gasteiger partial charge on any atom is 0.246 e. The van der Waals surface area contributed by atoms with Crippen molar-refractivity contribution in [2.45, 2.75) is 35.1 Å². The van der Waals surface area contributed by atoms with E-state index in [1.165, 1.54) is 46.1 Å². The Morgan fingerprint density at radius 2 is 1.69 bits per heavy atom. The molecule has 0 aromatic heterocycles. The number of piperidine rings is 1. The lowest BCUT2D eigenvalue weighted by molar-refractivity contribution is -0.120. The molecule has 0 radical (unpaired) electrons. The summed E-state index contributed by atoms with van der Waals surface area (Å²) in [7, 11) is -6.38. The van der Waals surface area contributed by atoms with Gasteiger partial charge >= 0.3 is 0 Å². The van der Waals surface area contributed by atoms with Crippen molar-refractivity contribution in [3.05, 3.63) is 48.5 Å². The zero-order chi connectivity index (χ0) is 25.1. The molecule has 190 valence electrons. The van der Waals surface area contributed by atoms with E-state index in [9.17, 15) is 21.6 Å². The minimum Gasteiger partial charge on any atom is -0.495 e. The summed E-state index contributed by atoms with van der Waals surface area (Å²) >= 11 is 0. The summed E-state index contributed by atoms with van der Waals surface area (Å²) in [6, 6.07) is 11.5. The smallest absolute Gasteiger partial charge is 0.246 e. The highest BCUT2D eigenvalue weighted by molar-refractivity contribution is 7.89. The van der Waals surface area contributed by atoms with Crippen molar-refractivity contribution in [2.75, 3.05) is 45.3 Å². The molecule has 2 fully saturated rings. The third kappa shape index (κ3) is 5.36. The summed E-state index contributed by atoms with van der Waals surface area (Å²) < 4.78 is 66.0. The normalized spacial score (nSPS) is 20.3. The summed E-state index contributed by atoms with van der Waals surface area (Å²) in [5, 5.41) is 2.72. The SMILES string of the molecule is COc1ccc(NC(=O)[C@@H]2CCCCN2S(=O)(=O)c2ccccc2)cc1S(=O)(=O)N1CCOCC1. The van der Waals surface area contributed by atoms with Crippen LogP contribution in [-0.2, 0) is 29.6 Å². The maximum absolute atomic E-state index is 13.2. The van der Waals surface area contributed by atoms with Crippen LogP contribution in [0.25, 0.3) is 0 Å². The zero-order valence-corrected chi connectivity index (χ0v) is 21.1. The molecular formula is C23H29N3O7S2. The Balaban J connectivity index is 1.60. The minimum absolute atomic E-state index is 0.0721. The van der Waals surface area contributed by atoms with E-state index in [4.69, 9.17) is 9.47 Å². The van der Waals surface area contributed by atoms with Crippen molar-refractivity contribution in [3.8, 4) is 5.75 Å². The fourth-order valence-electron chi connectivity index (χ4n) is 4.29. The standard InChI is InChI=1S/C23H29N3O7S2/c1-32-21-11-10-18(17-22(21)35(30,31)25-13-15-33-16-14-25)24-23(27)20-9-5-6-12-26(20)34(28,29)19-7-3-2-4-8-19/h2-4,7-8,10-11,17,20H,5-6,9,12-16H2,1H3,(H,24,27)/t20-/m0/s1. The number of hydrogen-bond acceptors (Lipinski definition) is 7. The number of carbonyl (C=O) groups excluding carboxylic acids is 1. The third-order valence-corrected chi connectivity index (χ3v) is 9.97. The number of benzene rings is 2. The predicted molar refractivity (Wildman–Crippen MR) is 129 cm³/mol. The molecule has 0 saturated carbocycles. The van der Waals surface area contributed by atoms with Gasteiger partial charge in [0.1, 0.15) is 16.7 Å². The summed E-state index contributed by atoms with van der Waals surface area (Å²) in [4.78, 5) is 13.3. The number of carbonyl (C=O) groups is 1. The van der Waals surface area contributed by atoms with E-state index < -0.39 is 32.0 Å². The van der Waals surface area contributed by atoms with Crippen LogP contribution in [0, 0.1) is 0 Å². The van der Waals surface area contributed by atoms with Gasteiger partial charge in [-0.25, -0.2) is 16.8 Å². The number of nitrogens with zero attached hydrogens (tertiary/aromatic N) is 2. The van der Waals surface area contributed by atoms with E-state index in [1.54, 1.807) is 18.2 Å². The number of nitrogens with one attached hydrogen (secondary N) is 1. The van der Waals surface area contributed by atoms with E-state index >= 15 is 0 Å². The average molecular weight is 524 g/mol. The number of amides is 1. The van der Waals surface area contributed by atoms with Gasteiger partial charge in [-0.1, -0.05) is 24.6 Å². The first kappa shape index (κ1) is 25.6. The number of methoxy groups -OCH3 is 1. The monoisotopic (exact) mass is 523 g/mol. The second kappa shape index (κ2) is 10.6. The van der Waals surface area contributed by atoms with Gasteiger partial charge in [-0.15, -0.1) is 0 Å². The van der Waals surface area contributed by atoms with Gasteiger partial charge in [0.2, 0.25) is 26.0 Å². The molecular weight excluding hydrogens is 494 g/mol. The van der Waals surface area contributed by atoms with Crippen molar-refractivity contribution in [2.24, 2.45) is 0 Å². The zero-order valence-electron chi connectivity index (χ0n) is 19.4. The van der Waals surface area contributed by atoms with Gasteiger partial charge in [-0.3, -0.25) is 4.79 Å². The molecule has 2 aromatic carbocycles. The quantitative estimate of drug-likeness (QED) is 0.588. The first-order valence-corrected chi connectivity index (χ1v) is 14.3. The number of hydrogen-bond donors (Lipinski definition) is 1. The lowest BCUT2D eigenvalue weighted by Gasteiger charge is -2.33. The number of sulfonamides is 2. The summed E-state index contributed by atoms with van der Waals surface area (Å²) in [6.45, 7) is 1.26. The molecule has 10 nitrogen and oxygen atoms in total. The molecule has 35 heavy (non-hydrogen) atoms. The van der Waals surface area contributed by atoms with Crippen LogP contribution >= 0.6 is 0 Å². The van der Waals surface area contributed by atoms with Crippen molar-refractivity contribution in [1.82, 2.24) is 8.61 Å². The minimum atomic E-state index is -3.89. The summed E-state index contributed by atoms with van der Waals surface area (Å²) in [6.07, 6.45) is 1.73. The van der Waals surface area contributed by atoms with Gasteiger partial charge in [-0.2, -0.15) is 8.61 Å². The fourth-order valence-corrected chi connectivity index (χ4v) is 7.56. The lowest BCUT2D eigenvalue weighted by Crippen LogP contribution is -2.49. The summed E-state index contributed by atoms with van der Waals surface area (Å²) in [5.74, 6) is -0.357. The Morgan fingerprint density at radius 3 is 2.37 bits per heavy atom. The highest BCUT2D eigenvalue weighted by Gasteiger charge is 2.38. The first-order chi connectivity index (χ1) is 16.7. The van der Waals surface area contributed by atoms with Gasteiger partial charge < -0.3 is 14.8 Å². The topological polar surface area (TPSA) is 122 Å². The van der Waals surface area contributed by atoms with Gasteiger partial charge in [0.15, 0.2) is 0 Å². The van der Waals surface area contributed by atoms with Gasteiger partial charge in [0, 0.05) is 25.3 Å². The second-order valence-corrected chi connectivity index (χ2v) is 12.1. The lowest BCUT2D eigenvalue weighted by atomic mass is 10.0. The Morgan fingerprint density at radius 1 is 0.971 bits per heavy atom. The van der Waals surface area contributed by atoms with Crippen LogP contribution in [0.2, 0.25) is 0 Å². The highest BCUT2D eigenvalue weighted by Crippen LogP contribution is 2.31. The summed E-state index contributed by atoms with van der Waals surface area (Å²) in [5.41, 5.74) is 0.241. The second-order valence-electron chi connectivity index (χ2n) is 8.31. The van der Waals surface area contributed by atoms with Crippen molar-refractivity contribution >= 4 is 31.6 Å². The third-order valence-electron chi connectivity index (χ3n) is 6.13. The van der Waals surface area contributed by atoms with E-state index in [1.807, 2.05) is 0 Å². The molecule has 1 atom stereocenters. The highest BCUT2D eigenvalue weighted by atomic mass is 32.2. The van der Waals surface area contributed by atoms with Crippen LogP contribution in [0.1, 0.15) is 19.3 Å². The fraction of sp³-hybridized carbons (Fsp3) is 0.435. The van der Waals surface area contributed by atoms with Gasteiger partial charge in [0.25, 0.3) is 0 Å². The Labute approximate surface area is 205 Å². The Bertz CT molecular complexity index is 1260. The van der Waals surface area contributed by atoms with E-state index in [0.29, 0.717) is 32.5 Å². The largest absolute Gasteiger partial charge is 0.495 e. The molecule has 1 amide bonds. The predicted octanol–water partition coefficient (Wildman–Crippen LogP) is 1.90. The van der Waals surface area contributed by atoms with Crippen molar-refractivity contribution < 1.29 is 31.1 Å². The number of anilines is 1. The van der Waals surface area contributed by atoms with Crippen LogP contribution in [0.15, 0.2) is 58.3 Å². The van der Waals surface area contributed by atoms with Crippen molar-refractivity contribution in [3.63, 3.8) is 0 Å². The van der Waals surface area contributed by atoms with Crippen LogP contribution in [0.5, 0.6) is 5.75 Å². The number of rotatable bonds is 7. The Hall–Kier alpha value is -2.51. The molecule has 0 unspecified atom stereocenters. The van der Waals surface area contributed by atoms with E-state index in [-0.39, 0.29) is 40.9 Å². The number of morpholine rings is 1. The van der Waals surface area contributed by atoms with Crippen LogP contribution in [-0.4, -0.2) is 77.4 Å². The van der Waals surface area contributed by atoms with E-state index in [0.717, 1.165) is 0 Å². The molecule has 2 aliphatic heterocycles. The molecule has 2 saturated heterocycles. The molecule has 2 aliphatic rings. The maximum atomic E-state index is 13.2. The molecule has 0 spiro atoms. The number of ether oxygens (including phenoxy) is 2. The van der Waals surface area contributed by atoms with Crippen LogP contribution < -0.4 is 10.1 Å². The van der Waals surface area contributed by atoms with Gasteiger partial charge in [0.05, 0.1) is 25.2 Å². The van der Waals surface area contributed by atoms with Crippen molar-refractivity contribution in [1.29, 1.82) is 0 Å². The molecule has 1 N–H and O–H groups in total. The van der Waals surface area contributed by atoms with Gasteiger partial charge in [-0.05, 0) is 43.2 Å². The molecule has 0 aliphatic carbocycles. The average Bonchev–Trinajstić information content (AvgIpc) is 2.89. The van der Waals surface area contributed by atoms with Crippen LogP contribution in [0.4, 0.5) is 5.69 Å². The molecule has 4 rings (SSSR count).